The number of ketones is 1. The molecule has 26 heavy (non-hydrogen) atoms. The minimum Gasteiger partial charge on any atom is -0.511 e. The number of hydrogen-bond donors (Lipinski definition) is 8. The molecule has 144 valence electrons. The minimum absolute atomic E-state index is 0.299. The van der Waals surface area contributed by atoms with E-state index in [2.05, 4.69) is 5.32 Å². The lowest BCUT2D eigenvalue weighted by atomic mass is 9.91. The number of carboxylic acid groups (broad SMARTS) is 2. The van der Waals surface area contributed by atoms with Crippen molar-refractivity contribution in [3.05, 3.63) is 11.3 Å². The number of carbonyl (C=O) groups is 5. The van der Waals surface area contributed by atoms with E-state index in [1.165, 1.54) is 0 Å². The highest BCUT2D eigenvalue weighted by atomic mass is 16.4. The van der Waals surface area contributed by atoms with Crippen LogP contribution in [0.3, 0.4) is 0 Å². The largest absolute Gasteiger partial charge is 0.511 e. The zero-order valence-electron chi connectivity index (χ0n) is 13.3. The van der Waals surface area contributed by atoms with E-state index in [1.807, 2.05) is 0 Å². The monoisotopic (exact) mass is 374 g/mol. The van der Waals surface area contributed by atoms with E-state index in [4.69, 9.17) is 16.6 Å². The van der Waals surface area contributed by atoms with Crippen LogP contribution in [0.15, 0.2) is 11.3 Å². The van der Waals surface area contributed by atoms with Gasteiger partial charge >= 0.3 is 11.9 Å². The average molecular weight is 374 g/mol. The Kier molecular flexibility index (Phi) is 6.39. The van der Waals surface area contributed by atoms with E-state index in [1.54, 1.807) is 5.32 Å². The fourth-order valence-electron chi connectivity index (χ4n) is 2.14. The molecule has 0 aromatic carbocycles. The van der Waals surface area contributed by atoms with Gasteiger partial charge in [-0.25, -0.2) is 9.59 Å². The zero-order valence-corrected chi connectivity index (χ0v) is 13.3. The zero-order chi connectivity index (χ0) is 20.2. The first-order valence-corrected chi connectivity index (χ1v) is 7.14. The standard InChI is InChI=1S/C13H18N4O9/c14-2-5-8(20)7(10(22)16-5)6(19)1-13(11(23)24,12(25)26)17-9(21)4(15)3-18/h4-5,18-19H,1-3,14-15H2,(H,16,22)(H,17,21)(H,23,24)(H,25,26)/b7-6+/t4-,5-/m0/s1. The Morgan fingerprint density at radius 1 is 1.19 bits per heavy atom. The van der Waals surface area contributed by atoms with Crippen LogP contribution < -0.4 is 22.1 Å². The Morgan fingerprint density at radius 3 is 2.12 bits per heavy atom. The van der Waals surface area contributed by atoms with E-state index in [-0.39, 0.29) is 6.54 Å². The van der Waals surface area contributed by atoms with Crippen molar-refractivity contribution in [2.75, 3.05) is 13.2 Å². The maximum Gasteiger partial charge on any atom is 0.341 e. The average Bonchev–Trinajstić information content (AvgIpc) is 2.86. The van der Waals surface area contributed by atoms with E-state index in [9.17, 15) is 39.3 Å². The van der Waals surface area contributed by atoms with Crippen molar-refractivity contribution in [3.8, 4) is 0 Å². The highest BCUT2D eigenvalue weighted by Gasteiger charge is 2.51. The third-order valence-electron chi connectivity index (χ3n) is 3.65. The van der Waals surface area contributed by atoms with E-state index in [0.29, 0.717) is 0 Å². The fourth-order valence-corrected chi connectivity index (χ4v) is 2.14. The molecule has 1 rings (SSSR count). The molecular formula is C13H18N4O9. The Labute approximate surface area is 145 Å². The first kappa shape index (κ1) is 21.0. The SMILES string of the molecule is NC[C@@H]1NC(=O)/C(=C(/O)CC(NC(=O)[C@@H](N)CO)(C(=O)O)C(=O)O)C1=O. The molecule has 0 radical (unpaired) electrons. The summed E-state index contributed by atoms with van der Waals surface area (Å²) in [6, 6.07) is -2.79. The molecule has 13 heteroatoms. The fraction of sp³-hybridized carbons (Fsp3) is 0.462. The molecule has 13 nitrogen and oxygen atoms in total. The number of aliphatic hydroxyl groups is 2. The molecule has 0 unspecified atom stereocenters. The van der Waals surface area contributed by atoms with Gasteiger partial charge < -0.3 is 42.5 Å². The summed E-state index contributed by atoms with van der Waals surface area (Å²) in [5.74, 6) is -8.71. The summed E-state index contributed by atoms with van der Waals surface area (Å²) in [5.41, 5.74) is 6.48. The summed E-state index contributed by atoms with van der Waals surface area (Å²) in [6.45, 7) is -1.21. The number of hydrogen-bond acceptors (Lipinski definition) is 9. The summed E-state index contributed by atoms with van der Waals surface area (Å²) in [7, 11) is 0. The van der Waals surface area contributed by atoms with Gasteiger partial charge in [0.15, 0.2) is 5.78 Å². The van der Waals surface area contributed by atoms with Crippen molar-refractivity contribution in [2.24, 2.45) is 11.5 Å². The number of nitrogens with one attached hydrogen (secondary N) is 2. The van der Waals surface area contributed by atoms with Crippen molar-refractivity contribution in [1.82, 2.24) is 10.6 Å². The first-order chi connectivity index (χ1) is 12.0. The predicted molar refractivity (Wildman–Crippen MR) is 81.5 cm³/mol. The van der Waals surface area contributed by atoms with Crippen molar-refractivity contribution >= 4 is 29.5 Å². The molecule has 1 heterocycles. The third-order valence-corrected chi connectivity index (χ3v) is 3.65. The van der Waals surface area contributed by atoms with Crippen LogP contribution in [0.25, 0.3) is 0 Å². The van der Waals surface area contributed by atoms with Gasteiger partial charge in [0, 0.05) is 6.54 Å². The van der Waals surface area contributed by atoms with Crippen LogP contribution in [0, 0.1) is 0 Å². The maximum atomic E-state index is 12.0. The van der Waals surface area contributed by atoms with E-state index < -0.39 is 71.5 Å². The molecule has 1 fully saturated rings. The van der Waals surface area contributed by atoms with Crippen LogP contribution in [0.2, 0.25) is 0 Å². The smallest absolute Gasteiger partial charge is 0.341 e. The van der Waals surface area contributed by atoms with Crippen molar-refractivity contribution in [1.29, 1.82) is 0 Å². The molecule has 0 spiro atoms. The van der Waals surface area contributed by atoms with Gasteiger partial charge in [-0.15, -0.1) is 0 Å². The Morgan fingerprint density at radius 2 is 1.73 bits per heavy atom. The summed E-state index contributed by atoms with van der Waals surface area (Å²) >= 11 is 0. The van der Waals surface area contributed by atoms with Gasteiger partial charge in [-0.05, 0) is 0 Å². The molecule has 0 saturated carbocycles. The lowest BCUT2D eigenvalue weighted by molar-refractivity contribution is -0.162. The van der Waals surface area contributed by atoms with Crippen molar-refractivity contribution in [3.63, 3.8) is 0 Å². The number of carbonyl (C=O) groups excluding carboxylic acids is 3. The number of rotatable bonds is 8. The molecule has 0 aliphatic carbocycles. The molecule has 10 N–H and O–H groups in total. The molecule has 1 saturated heterocycles. The van der Waals surface area contributed by atoms with Gasteiger partial charge in [0.2, 0.25) is 11.4 Å². The van der Waals surface area contributed by atoms with Gasteiger partial charge in [0.05, 0.1) is 13.0 Å². The first-order valence-electron chi connectivity index (χ1n) is 7.14. The quantitative estimate of drug-likeness (QED) is 0.0871. The molecule has 1 aliphatic rings. The van der Waals surface area contributed by atoms with Crippen LogP contribution in [0.5, 0.6) is 0 Å². The molecule has 0 bridgehead atoms. The predicted octanol–water partition coefficient (Wildman–Crippen LogP) is -4.44. The minimum atomic E-state index is -3.14. The highest BCUT2D eigenvalue weighted by Crippen LogP contribution is 2.23. The van der Waals surface area contributed by atoms with Gasteiger partial charge in [-0.1, -0.05) is 0 Å². The van der Waals surface area contributed by atoms with Crippen LogP contribution in [-0.4, -0.2) is 80.7 Å². The molecule has 0 aromatic heterocycles. The number of carboxylic acids is 2. The highest BCUT2D eigenvalue weighted by molar-refractivity contribution is 6.27. The van der Waals surface area contributed by atoms with Crippen LogP contribution in [0.4, 0.5) is 0 Å². The Bertz CT molecular complexity index is 673. The normalized spacial score (nSPS) is 20.3. The number of aliphatic hydroxyl groups excluding tert-OH is 2. The Balaban J connectivity index is 3.33. The second kappa shape index (κ2) is 7.90. The topological polar surface area (TPSA) is 242 Å². The number of nitrogens with two attached hydrogens (primary N) is 2. The van der Waals surface area contributed by atoms with Gasteiger partial charge in [0.1, 0.15) is 23.4 Å². The number of Topliss-reactive ketones (excluding diaryl/α,β-unsaturated/α-hetero) is 1. The number of aliphatic carboxylic acids is 2. The van der Waals surface area contributed by atoms with Crippen molar-refractivity contribution in [2.45, 2.75) is 24.0 Å². The van der Waals surface area contributed by atoms with E-state index >= 15 is 0 Å². The lowest BCUT2D eigenvalue weighted by Crippen LogP contribution is -2.63. The number of amides is 2. The van der Waals surface area contributed by atoms with Crippen LogP contribution in [-0.2, 0) is 24.0 Å². The van der Waals surface area contributed by atoms with Crippen molar-refractivity contribution < 1.29 is 44.4 Å². The third kappa shape index (κ3) is 3.79. The van der Waals surface area contributed by atoms with E-state index in [0.717, 1.165) is 0 Å². The van der Waals surface area contributed by atoms with Gasteiger partial charge in [-0.3, -0.25) is 14.4 Å². The van der Waals surface area contributed by atoms with Crippen LogP contribution in [0.1, 0.15) is 6.42 Å². The van der Waals surface area contributed by atoms with Crippen LogP contribution >= 0.6 is 0 Å². The molecule has 2 atom stereocenters. The molecular weight excluding hydrogens is 356 g/mol. The van der Waals surface area contributed by atoms with Gasteiger partial charge in [-0.2, -0.15) is 0 Å². The molecule has 2 amide bonds. The second-order valence-electron chi connectivity index (χ2n) is 5.42. The second-order valence-corrected chi connectivity index (χ2v) is 5.42. The maximum absolute atomic E-state index is 12.0. The summed E-state index contributed by atoms with van der Waals surface area (Å²) in [4.78, 5) is 58.5. The Hall–Kier alpha value is -3.03. The van der Waals surface area contributed by atoms with Gasteiger partial charge in [0.25, 0.3) is 5.91 Å². The molecule has 1 aliphatic heterocycles. The summed E-state index contributed by atoms with van der Waals surface area (Å²) in [6.07, 6.45) is -1.33. The lowest BCUT2D eigenvalue weighted by Gasteiger charge is -2.27. The molecule has 0 aromatic rings. The summed E-state index contributed by atoms with van der Waals surface area (Å²) in [5, 5.41) is 41.2. The summed E-state index contributed by atoms with van der Waals surface area (Å²) < 4.78 is 0.